The number of aliphatic hydroxyl groups excluding tert-OH is 3. The van der Waals surface area contributed by atoms with E-state index in [4.69, 9.17) is 28.4 Å². The normalized spacial score (nSPS) is 24.5. The third-order valence-corrected chi connectivity index (χ3v) is 6.28. The van der Waals surface area contributed by atoms with Crippen molar-refractivity contribution in [3.8, 4) is 28.7 Å². The zero-order valence-electron chi connectivity index (χ0n) is 20.5. The molecule has 0 bridgehead atoms. The van der Waals surface area contributed by atoms with Gasteiger partial charge in [-0.25, -0.2) is 9.59 Å². The first-order chi connectivity index (χ1) is 18.2. The zero-order valence-corrected chi connectivity index (χ0v) is 20.5. The number of fused-ring (bicyclic) bond motifs is 1. The van der Waals surface area contributed by atoms with Crippen molar-refractivity contribution in [2.75, 3.05) is 27.4 Å². The number of carbonyl (C=O) groups is 2. The quantitative estimate of drug-likeness (QED) is 0.293. The van der Waals surface area contributed by atoms with Crippen LogP contribution in [0.4, 0.5) is 0 Å². The average Bonchev–Trinajstić information content (AvgIpc) is 2.92. The van der Waals surface area contributed by atoms with E-state index in [-0.39, 0.29) is 39.9 Å². The van der Waals surface area contributed by atoms with Gasteiger partial charge < -0.3 is 54.0 Å². The fraction of sp³-hybridized carbons (Fsp3) is 0.440. The number of benzene rings is 2. The summed E-state index contributed by atoms with van der Waals surface area (Å²) in [5.74, 6) is -2.11. The first-order valence-electron chi connectivity index (χ1n) is 11.7. The Morgan fingerprint density at radius 3 is 2.32 bits per heavy atom. The molecule has 2 aromatic rings. The number of methoxy groups -OCH3 is 2. The van der Waals surface area contributed by atoms with E-state index in [2.05, 4.69) is 0 Å². The number of aromatic carboxylic acids is 1. The van der Waals surface area contributed by atoms with Crippen molar-refractivity contribution < 1.29 is 63.5 Å². The van der Waals surface area contributed by atoms with Crippen molar-refractivity contribution in [1.29, 1.82) is 0 Å². The Labute approximate surface area is 216 Å². The fourth-order valence-corrected chi connectivity index (χ4v) is 4.26. The van der Waals surface area contributed by atoms with Crippen LogP contribution in [-0.4, -0.2) is 95.6 Å². The molecule has 4 rings (SSSR count). The maximum atomic E-state index is 12.6. The number of phenolic OH excluding ortho intramolecular Hbond substituents is 1. The van der Waals surface area contributed by atoms with Gasteiger partial charge in [0.15, 0.2) is 23.0 Å². The molecule has 38 heavy (non-hydrogen) atoms. The second-order valence-corrected chi connectivity index (χ2v) is 8.64. The minimum Gasteiger partial charge on any atom is -0.502 e. The number of phenols is 1. The number of carbonyl (C=O) groups excluding carboxylic acids is 1. The lowest BCUT2D eigenvalue weighted by Crippen LogP contribution is -2.60. The maximum absolute atomic E-state index is 12.6. The Morgan fingerprint density at radius 2 is 1.68 bits per heavy atom. The average molecular weight is 536 g/mol. The van der Waals surface area contributed by atoms with Gasteiger partial charge in [0.05, 0.1) is 32.0 Å². The van der Waals surface area contributed by atoms with E-state index in [1.807, 2.05) is 0 Å². The molecule has 1 saturated heterocycles. The van der Waals surface area contributed by atoms with Crippen LogP contribution in [0.3, 0.4) is 0 Å². The Balaban J connectivity index is 1.50. The van der Waals surface area contributed by atoms with E-state index in [1.165, 1.54) is 38.5 Å². The molecule has 0 spiro atoms. The molecule has 13 nitrogen and oxygen atoms in total. The third kappa shape index (κ3) is 5.27. The van der Waals surface area contributed by atoms with Gasteiger partial charge in [0.1, 0.15) is 31.0 Å². The van der Waals surface area contributed by atoms with Crippen molar-refractivity contribution in [3.63, 3.8) is 0 Å². The second-order valence-electron chi connectivity index (χ2n) is 8.64. The number of hydrogen-bond acceptors (Lipinski definition) is 12. The van der Waals surface area contributed by atoms with Gasteiger partial charge in [0.2, 0.25) is 12.0 Å². The van der Waals surface area contributed by atoms with Crippen LogP contribution in [0.25, 0.3) is 0 Å². The molecular formula is C25H28O13. The molecular weight excluding hydrogens is 508 g/mol. The fourth-order valence-electron chi connectivity index (χ4n) is 4.26. The van der Waals surface area contributed by atoms with Crippen LogP contribution in [0, 0.1) is 0 Å². The molecule has 2 aliphatic heterocycles. The molecule has 1 fully saturated rings. The lowest BCUT2D eigenvalue weighted by atomic mass is 9.98. The Bertz CT molecular complexity index is 1170. The summed E-state index contributed by atoms with van der Waals surface area (Å²) in [6.07, 6.45) is -6.83. The number of hydrogen-bond donors (Lipinski definition) is 5. The van der Waals surface area contributed by atoms with Crippen LogP contribution in [0.2, 0.25) is 0 Å². The van der Waals surface area contributed by atoms with E-state index < -0.39 is 49.3 Å². The summed E-state index contributed by atoms with van der Waals surface area (Å²) in [5, 5.41) is 50.8. The van der Waals surface area contributed by atoms with Gasteiger partial charge in [-0.1, -0.05) is 0 Å². The lowest BCUT2D eigenvalue weighted by molar-refractivity contribution is -0.277. The van der Waals surface area contributed by atoms with Crippen LogP contribution >= 0.6 is 0 Å². The molecule has 2 heterocycles. The second kappa shape index (κ2) is 11.3. The highest BCUT2D eigenvalue weighted by molar-refractivity contribution is 5.91. The summed E-state index contributed by atoms with van der Waals surface area (Å²) >= 11 is 0. The number of rotatable bonds is 8. The van der Waals surface area contributed by atoms with Gasteiger partial charge in [0.25, 0.3) is 0 Å². The molecule has 0 aliphatic carbocycles. The van der Waals surface area contributed by atoms with E-state index >= 15 is 0 Å². The third-order valence-electron chi connectivity index (χ3n) is 6.28. The van der Waals surface area contributed by atoms with Crippen LogP contribution in [0.1, 0.15) is 32.7 Å². The summed E-state index contributed by atoms with van der Waals surface area (Å²) in [5.41, 5.74) is 0.453. The van der Waals surface area contributed by atoms with E-state index in [1.54, 1.807) is 0 Å². The standard InChI is InChI=1S/C25H28O13/c1-33-15-8-11(9-16(34-2)18(15)26)24(32)36-10-17-19(27)20(28)21(29)25(38-17)37-14-6-5-13(23(30)31)12-4-3-7-35-22(12)14/h5-6,8-9,17,19-21,25-29H,3-4,7,10H2,1-2H3,(H,30,31)/t17-,19-,20+,21-,25-/m1/s1. The topological polar surface area (TPSA) is 191 Å². The first-order valence-corrected chi connectivity index (χ1v) is 11.7. The van der Waals surface area contributed by atoms with Crippen LogP contribution in [0.15, 0.2) is 24.3 Å². The van der Waals surface area contributed by atoms with Gasteiger partial charge in [-0.05, 0) is 37.1 Å². The Hall–Kier alpha value is -3.78. The monoisotopic (exact) mass is 536 g/mol. The molecule has 5 N–H and O–H groups in total. The van der Waals surface area contributed by atoms with Gasteiger partial charge in [0, 0.05) is 5.56 Å². The Kier molecular flexibility index (Phi) is 8.11. The highest BCUT2D eigenvalue weighted by Crippen LogP contribution is 2.39. The predicted molar refractivity (Wildman–Crippen MR) is 126 cm³/mol. The minimum absolute atomic E-state index is 0.0301. The Morgan fingerprint density at radius 1 is 1.00 bits per heavy atom. The molecule has 206 valence electrons. The SMILES string of the molecule is COc1cc(C(=O)OC[C@H]2O[C@@H](Oc3ccc(C(=O)O)c4c3OCCC4)[C@H](O)[C@@H](O)[C@@H]2O)cc(OC)c1O. The summed E-state index contributed by atoms with van der Waals surface area (Å²) in [4.78, 5) is 24.2. The number of carboxylic acid groups (broad SMARTS) is 1. The van der Waals surface area contributed by atoms with E-state index in [0.29, 0.717) is 25.0 Å². The minimum atomic E-state index is -1.72. The number of aliphatic hydroxyl groups is 3. The van der Waals surface area contributed by atoms with Crippen LogP contribution in [0.5, 0.6) is 28.7 Å². The molecule has 0 unspecified atom stereocenters. The summed E-state index contributed by atoms with van der Waals surface area (Å²) in [7, 11) is 2.58. The van der Waals surface area contributed by atoms with Crippen molar-refractivity contribution in [2.24, 2.45) is 0 Å². The molecule has 5 atom stereocenters. The van der Waals surface area contributed by atoms with Gasteiger partial charge >= 0.3 is 11.9 Å². The molecule has 0 amide bonds. The van der Waals surface area contributed by atoms with Crippen molar-refractivity contribution in [2.45, 2.75) is 43.5 Å². The smallest absolute Gasteiger partial charge is 0.338 e. The highest BCUT2D eigenvalue weighted by atomic mass is 16.7. The predicted octanol–water partition coefficient (Wildman–Crippen LogP) is 0.476. The molecule has 0 radical (unpaired) electrons. The molecule has 0 saturated carbocycles. The van der Waals surface area contributed by atoms with Crippen molar-refractivity contribution >= 4 is 11.9 Å². The summed E-state index contributed by atoms with van der Waals surface area (Å²) in [6.45, 7) is -0.213. The van der Waals surface area contributed by atoms with Crippen LogP contribution < -0.4 is 18.9 Å². The summed E-state index contributed by atoms with van der Waals surface area (Å²) in [6, 6.07) is 5.15. The van der Waals surface area contributed by atoms with Gasteiger partial charge in [-0.2, -0.15) is 0 Å². The molecule has 2 aliphatic rings. The van der Waals surface area contributed by atoms with E-state index in [9.17, 15) is 35.1 Å². The zero-order chi connectivity index (χ0) is 27.6. The van der Waals surface area contributed by atoms with E-state index in [0.717, 1.165) is 0 Å². The van der Waals surface area contributed by atoms with Crippen molar-refractivity contribution in [3.05, 3.63) is 41.0 Å². The van der Waals surface area contributed by atoms with Gasteiger partial charge in [-0.3, -0.25) is 0 Å². The number of carboxylic acids is 1. The summed E-state index contributed by atoms with van der Waals surface area (Å²) < 4.78 is 32.3. The number of aromatic hydroxyl groups is 1. The van der Waals surface area contributed by atoms with Gasteiger partial charge in [-0.15, -0.1) is 0 Å². The van der Waals surface area contributed by atoms with Crippen molar-refractivity contribution in [1.82, 2.24) is 0 Å². The maximum Gasteiger partial charge on any atom is 0.338 e. The molecule has 2 aromatic carbocycles. The largest absolute Gasteiger partial charge is 0.502 e. The number of ether oxygens (including phenoxy) is 6. The molecule has 0 aromatic heterocycles. The first kappa shape index (κ1) is 27.3. The molecule has 13 heteroatoms. The van der Waals surface area contributed by atoms with Crippen LogP contribution in [-0.2, 0) is 15.9 Å². The highest BCUT2D eigenvalue weighted by Gasteiger charge is 2.46. The lowest BCUT2D eigenvalue weighted by Gasteiger charge is -2.40. The number of esters is 1.